The van der Waals surface area contributed by atoms with Gasteiger partial charge in [0.25, 0.3) is 0 Å². The molecule has 2 nitrogen and oxygen atoms in total. The standard InChI is InChI=1S/C12H23ClO2/c1-10(2)7-5-4-6-8-15-12(14)11(3)9-13/h10-11H,4-9H2,1-3H3. The van der Waals surface area contributed by atoms with Crippen LogP contribution >= 0.6 is 11.6 Å². The third kappa shape index (κ3) is 8.73. The number of unbranched alkanes of at least 4 members (excludes halogenated alkanes) is 2. The Kier molecular flexibility index (Phi) is 8.88. The van der Waals surface area contributed by atoms with E-state index in [1.165, 1.54) is 12.8 Å². The summed E-state index contributed by atoms with van der Waals surface area (Å²) < 4.78 is 5.08. The summed E-state index contributed by atoms with van der Waals surface area (Å²) in [6, 6.07) is 0. The Hall–Kier alpha value is -0.240. The van der Waals surface area contributed by atoms with Crippen LogP contribution in [0.2, 0.25) is 0 Å². The van der Waals surface area contributed by atoms with Gasteiger partial charge in [0.1, 0.15) is 0 Å². The quantitative estimate of drug-likeness (QED) is 0.364. The summed E-state index contributed by atoms with van der Waals surface area (Å²) in [6.07, 6.45) is 4.58. The van der Waals surface area contributed by atoms with E-state index >= 15 is 0 Å². The highest BCUT2D eigenvalue weighted by Gasteiger charge is 2.11. The van der Waals surface area contributed by atoms with Crippen molar-refractivity contribution in [2.45, 2.75) is 46.5 Å². The van der Waals surface area contributed by atoms with Crippen LogP contribution < -0.4 is 0 Å². The molecule has 0 bridgehead atoms. The summed E-state index contributed by atoms with van der Waals surface area (Å²) in [5.41, 5.74) is 0. The van der Waals surface area contributed by atoms with E-state index in [2.05, 4.69) is 13.8 Å². The SMILES string of the molecule is CC(C)CCCCCOC(=O)C(C)CCl. The molecule has 0 aliphatic carbocycles. The summed E-state index contributed by atoms with van der Waals surface area (Å²) in [6.45, 7) is 6.77. The molecule has 0 saturated heterocycles. The number of alkyl halides is 1. The van der Waals surface area contributed by atoms with Crippen LogP contribution in [0.15, 0.2) is 0 Å². The largest absolute Gasteiger partial charge is 0.465 e. The maximum absolute atomic E-state index is 11.2. The fraction of sp³-hybridized carbons (Fsp3) is 0.917. The molecule has 0 radical (unpaired) electrons. The molecule has 0 aromatic rings. The molecule has 0 spiro atoms. The van der Waals surface area contributed by atoms with Gasteiger partial charge in [-0.05, 0) is 12.3 Å². The predicted octanol–water partition coefficient (Wildman–Crippen LogP) is 3.62. The van der Waals surface area contributed by atoms with Crippen molar-refractivity contribution in [1.29, 1.82) is 0 Å². The summed E-state index contributed by atoms with van der Waals surface area (Å²) in [7, 11) is 0. The van der Waals surface area contributed by atoms with Gasteiger partial charge in [-0.25, -0.2) is 0 Å². The van der Waals surface area contributed by atoms with Gasteiger partial charge in [-0.15, -0.1) is 11.6 Å². The minimum absolute atomic E-state index is 0.172. The Balaban J connectivity index is 3.27. The highest BCUT2D eigenvalue weighted by Crippen LogP contribution is 2.08. The van der Waals surface area contributed by atoms with E-state index in [4.69, 9.17) is 16.3 Å². The van der Waals surface area contributed by atoms with Gasteiger partial charge in [0.05, 0.1) is 12.5 Å². The van der Waals surface area contributed by atoms with Crippen LogP contribution in [0.3, 0.4) is 0 Å². The molecular formula is C12H23ClO2. The lowest BCUT2D eigenvalue weighted by Gasteiger charge is -2.08. The zero-order valence-electron chi connectivity index (χ0n) is 10.1. The molecule has 0 N–H and O–H groups in total. The van der Waals surface area contributed by atoms with Crippen molar-refractivity contribution in [2.75, 3.05) is 12.5 Å². The average Bonchev–Trinajstić information content (AvgIpc) is 2.21. The van der Waals surface area contributed by atoms with Crippen LogP contribution in [-0.2, 0) is 9.53 Å². The van der Waals surface area contributed by atoms with Crippen molar-refractivity contribution in [3.63, 3.8) is 0 Å². The summed E-state index contributed by atoms with van der Waals surface area (Å²) >= 11 is 5.54. The Labute approximate surface area is 98.3 Å². The van der Waals surface area contributed by atoms with Crippen molar-refractivity contribution in [3.8, 4) is 0 Å². The second-order valence-corrected chi connectivity index (χ2v) is 4.77. The Morgan fingerprint density at radius 2 is 1.87 bits per heavy atom. The van der Waals surface area contributed by atoms with Gasteiger partial charge in [-0.2, -0.15) is 0 Å². The number of esters is 1. The van der Waals surface area contributed by atoms with E-state index in [0.717, 1.165) is 18.8 Å². The lowest BCUT2D eigenvalue weighted by molar-refractivity contribution is -0.147. The molecule has 3 heteroatoms. The zero-order chi connectivity index (χ0) is 11.7. The molecule has 0 aromatic carbocycles. The highest BCUT2D eigenvalue weighted by atomic mass is 35.5. The fourth-order valence-electron chi connectivity index (χ4n) is 1.21. The van der Waals surface area contributed by atoms with Crippen LogP contribution in [0.1, 0.15) is 46.5 Å². The fourth-order valence-corrected chi connectivity index (χ4v) is 1.34. The number of ether oxygens (including phenoxy) is 1. The van der Waals surface area contributed by atoms with Gasteiger partial charge in [-0.3, -0.25) is 4.79 Å². The average molecular weight is 235 g/mol. The number of carbonyl (C=O) groups excluding carboxylic acids is 1. The minimum atomic E-state index is -0.178. The molecular weight excluding hydrogens is 212 g/mol. The van der Waals surface area contributed by atoms with Gasteiger partial charge >= 0.3 is 5.97 Å². The molecule has 0 heterocycles. The molecule has 0 saturated carbocycles. The van der Waals surface area contributed by atoms with Gasteiger partial charge in [0.2, 0.25) is 0 Å². The minimum Gasteiger partial charge on any atom is -0.465 e. The number of hydrogen-bond acceptors (Lipinski definition) is 2. The molecule has 0 aliphatic rings. The number of rotatable bonds is 8. The van der Waals surface area contributed by atoms with Crippen LogP contribution in [0, 0.1) is 11.8 Å². The Morgan fingerprint density at radius 1 is 1.20 bits per heavy atom. The van der Waals surface area contributed by atoms with Crippen molar-refractivity contribution in [3.05, 3.63) is 0 Å². The third-order valence-corrected chi connectivity index (χ3v) is 2.77. The number of halogens is 1. The lowest BCUT2D eigenvalue weighted by atomic mass is 10.1. The van der Waals surface area contributed by atoms with Crippen LogP contribution in [-0.4, -0.2) is 18.5 Å². The number of hydrogen-bond donors (Lipinski definition) is 0. The monoisotopic (exact) mass is 234 g/mol. The molecule has 0 rings (SSSR count). The first kappa shape index (κ1) is 14.8. The second kappa shape index (κ2) is 9.02. The maximum Gasteiger partial charge on any atom is 0.309 e. The van der Waals surface area contributed by atoms with Crippen molar-refractivity contribution >= 4 is 17.6 Å². The summed E-state index contributed by atoms with van der Waals surface area (Å²) in [5.74, 6) is 0.756. The predicted molar refractivity (Wildman–Crippen MR) is 64.1 cm³/mol. The molecule has 0 aliphatic heterocycles. The van der Waals surface area contributed by atoms with Gasteiger partial charge in [0, 0.05) is 5.88 Å². The van der Waals surface area contributed by atoms with E-state index in [1.807, 2.05) is 0 Å². The van der Waals surface area contributed by atoms with Gasteiger partial charge < -0.3 is 4.74 Å². The van der Waals surface area contributed by atoms with Crippen LogP contribution in [0.4, 0.5) is 0 Å². The van der Waals surface area contributed by atoms with Crippen LogP contribution in [0.5, 0.6) is 0 Å². The Morgan fingerprint density at radius 3 is 2.40 bits per heavy atom. The first-order chi connectivity index (χ1) is 7.07. The maximum atomic E-state index is 11.2. The van der Waals surface area contributed by atoms with E-state index in [1.54, 1.807) is 6.92 Å². The second-order valence-electron chi connectivity index (χ2n) is 4.47. The van der Waals surface area contributed by atoms with Crippen molar-refractivity contribution in [2.24, 2.45) is 11.8 Å². The first-order valence-corrected chi connectivity index (χ1v) is 6.34. The topological polar surface area (TPSA) is 26.3 Å². The molecule has 0 amide bonds. The van der Waals surface area contributed by atoms with Crippen molar-refractivity contribution < 1.29 is 9.53 Å². The normalized spacial score (nSPS) is 12.9. The smallest absolute Gasteiger partial charge is 0.309 e. The highest BCUT2D eigenvalue weighted by molar-refractivity contribution is 6.19. The first-order valence-electron chi connectivity index (χ1n) is 5.80. The molecule has 15 heavy (non-hydrogen) atoms. The molecule has 90 valence electrons. The Bertz CT molecular complexity index is 169. The lowest BCUT2D eigenvalue weighted by Crippen LogP contribution is -2.16. The van der Waals surface area contributed by atoms with E-state index in [0.29, 0.717) is 12.5 Å². The van der Waals surface area contributed by atoms with E-state index in [9.17, 15) is 4.79 Å². The molecule has 0 fully saturated rings. The van der Waals surface area contributed by atoms with E-state index in [-0.39, 0.29) is 11.9 Å². The molecule has 1 unspecified atom stereocenters. The molecule has 1 atom stereocenters. The molecule has 0 aromatic heterocycles. The summed E-state index contributed by atoms with van der Waals surface area (Å²) in [4.78, 5) is 11.2. The zero-order valence-corrected chi connectivity index (χ0v) is 10.8. The third-order valence-electron chi connectivity index (χ3n) is 2.30. The van der Waals surface area contributed by atoms with E-state index < -0.39 is 0 Å². The van der Waals surface area contributed by atoms with Crippen LogP contribution in [0.25, 0.3) is 0 Å². The summed E-state index contributed by atoms with van der Waals surface area (Å²) in [5, 5.41) is 0. The van der Waals surface area contributed by atoms with Gasteiger partial charge in [-0.1, -0.05) is 40.0 Å². The van der Waals surface area contributed by atoms with Gasteiger partial charge in [0.15, 0.2) is 0 Å². The number of carbonyl (C=O) groups is 1. The van der Waals surface area contributed by atoms with Crippen molar-refractivity contribution in [1.82, 2.24) is 0 Å².